The molecule has 0 saturated heterocycles. The fraction of sp³-hybridized carbons (Fsp3) is 0.333. The molecule has 1 aromatic carbocycles. The first-order chi connectivity index (χ1) is 9.71. The lowest BCUT2D eigenvalue weighted by molar-refractivity contribution is -0.135. The van der Waals surface area contributed by atoms with Crippen LogP contribution < -0.4 is 4.74 Å². The number of allylic oxidation sites excluding steroid dienone is 1. The van der Waals surface area contributed by atoms with Crippen LogP contribution in [0.1, 0.15) is 5.56 Å². The zero-order valence-corrected chi connectivity index (χ0v) is 11.7. The average Bonchev–Trinajstić information content (AvgIpc) is 2.47. The number of ether oxygens (including phenoxy) is 2. The van der Waals surface area contributed by atoms with Crippen LogP contribution in [0, 0.1) is 11.3 Å². The van der Waals surface area contributed by atoms with Crippen molar-refractivity contribution in [3.8, 4) is 11.8 Å². The van der Waals surface area contributed by atoms with Crippen LogP contribution in [-0.4, -0.2) is 38.2 Å². The molecule has 0 aliphatic rings. The van der Waals surface area contributed by atoms with Crippen molar-refractivity contribution in [2.45, 2.75) is 6.54 Å². The van der Waals surface area contributed by atoms with Gasteiger partial charge in [0.2, 0.25) is 5.91 Å². The molecule has 20 heavy (non-hydrogen) atoms. The molecule has 0 N–H and O–H groups in total. The number of carbonyl (C=O) groups excluding carboxylic acids is 1. The molecule has 0 aromatic heterocycles. The minimum absolute atomic E-state index is 0.0182. The molecule has 1 amide bonds. The summed E-state index contributed by atoms with van der Waals surface area (Å²) in [5.41, 5.74) is 0.958. The molecule has 0 radical (unpaired) electrons. The van der Waals surface area contributed by atoms with Gasteiger partial charge in [0.25, 0.3) is 0 Å². The molecular weight excluding hydrogens is 256 g/mol. The number of methoxy groups -OCH3 is 2. The molecule has 0 aliphatic carbocycles. The van der Waals surface area contributed by atoms with Crippen LogP contribution in [0.3, 0.4) is 0 Å². The van der Waals surface area contributed by atoms with E-state index < -0.39 is 0 Å². The van der Waals surface area contributed by atoms with E-state index in [9.17, 15) is 4.79 Å². The molecule has 0 heterocycles. The number of hydrogen-bond acceptors (Lipinski definition) is 4. The Labute approximate surface area is 119 Å². The van der Waals surface area contributed by atoms with Crippen molar-refractivity contribution in [3.05, 3.63) is 42.0 Å². The first kappa shape index (κ1) is 15.7. The minimum Gasteiger partial charge on any atom is -0.497 e. The molecule has 0 bridgehead atoms. The van der Waals surface area contributed by atoms with Crippen LogP contribution in [0.15, 0.2) is 36.4 Å². The highest BCUT2D eigenvalue weighted by atomic mass is 16.5. The highest BCUT2D eigenvalue weighted by Gasteiger charge is 2.12. The summed E-state index contributed by atoms with van der Waals surface area (Å²) in [6.45, 7) is 0.826. The number of nitriles is 1. The van der Waals surface area contributed by atoms with Gasteiger partial charge in [0.15, 0.2) is 0 Å². The van der Waals surface area contributed by atoms with Gasteiger partial charge in [-0.1, -0.05) is 18.2 Å². The first-order valence-corrected chi connectivity index (χ1v) is 6.15. The number of hydrogen-bond donors (Lipinski definition) is 0. The van der Waals surface area contributed by atoms with E-state index in [0.29, 0.717) is 13.1 Å². The minimum atomic E-state index is -0.127. The third-order valence-electron chi connectivity index (χ3n) is 2.65. The van der Waals surface area contributed by atoms with E-state index in [2.05, 4.69) is 0 Å². The molecule has 5 heteroatoms. The maximum atomic E-state index is 11.9. The predicted molar refractivity (Wildman–Crippen MR) is 75.0 cm³/mol. The lowest BCUT2D eigenvalue weighted by Gasteiger charge is -2.21. The fourth-order valence-electron chi connectivity index (χ4n) is 1.69. The lowest BCUT2D eigenvalue weighted by atomic mass is 10.2. The van der Waals surface area contributed by atoms with Crippen LogP contribution >= 0.6 is 0 Å². The molecular formula is C15H18N2O3. The summed E-state index contributed by atoms with van der Waals surface area (Å²) in [6.07, 6.45) is 3.01. The largest absolute Gasteiger partial charge is 0.497 e. The summed E-state index contributed by atoms with van der Waals surface area (Å²) < 4.78 is 10.0. The van der Waals surface area contributed by atoms with Gasteiger partial charge in [-0.15, -0.1) is 0 Å². The molecule has 1 rings (SSSR count). The second kappa shape index (κ2) is 8.73. The predicted octanol–water partition coefficient (Wildman–Crippen LogP) is 1.75. The van der Waals surface area contributed by atoms with Gasteiger partial charge in [0, 0.05) is 26.3 Å². The summed E-state index contributed by atoms with van der Waals surface area (Å²) in [5, 5.41) is 8.50. The Balaban J connectivity index is 2.79. The van der Waals surface area contributed by atoms with Crippen LogP contribution in [0.4, 0.5) is 0 Å². The van der Waals surface area contributed by atoms with Crippen LogP contribution in [0.5, 0.6) is 5.75 Å². The van der Waals surface area contributed by atoms with Crippen molar-refractivity contribution in [1.82, 2.24) is 4.90 Å². The van der Waals surface area contributed by atoms with E-state index in [1.54, 1.807) is 18.1 Å². The molecule has 5 nitrogen and oxygen atoms in total. The molecule has 0 atom stereocenters. The Bertz CT molecular complexity index is 506. The molecule has 0 saturated carbocycles. The summed E-state index contributed by atoms with van der Waals surface area (Å²) in [7, 11) is 3.08. The second-order valence-corrected chi connectivity index (χ2v) is 4.09. The normalized spacial score (nSPS) is 10.2. The summed E-state index contributed by atoms with van der Waals surface area (Å²) in [4.78, 5) is 13.6. The molecule has 0 unspecified atom stereocenters. The van der Waals surface area contributed by atoms with Gasteiger partial charge < -0.3 is 14.4 Å². The maximum Gasteiger partial charge on any atom is 0.249 e. The van der Waals surface area contributed by atoms with Crippen molar-refractivity contribution < 1.29 is 14.3 Å². The molecule has 1 aromatic rings. The number of amides is 1. The maximum absolute atomic E-state index is 11.9. The van der Waals surface area contributed by atoms with Crippen LogP contribution in [0.2, 0.25) is 0 Å². The highest BCUT2D eigenvalue weighted by molar-refractivity contribution is 5.77. The fourth-order valence-corrected chi connectivity index (χ4v) is 1.69. The van der Waals surface area contributed by atoms with E-state index in [4.69, 9.17) is 14.7 Å². The van der Waals surface area contributed by atoms with Crippen molar-refractivity contribution in [3.63, 3.8) is 0 Å². The third-order valence-corrected chi connectivity index (χ3v) is 2.65. The van der Waals surface area contributed by atoms with Crippen molar-refractivity contribution in [1.29, 1.82) is 5.26 Å². The van der Waals surface area contributed by atoms with Gasteiger partial charge in [-0.3, -0.25) is 4.79 Å². The van der Waals surface area contributed by atoms with Gasteiger partial charge in [-0.25, -0.2) is 0 Å². The average molecular weight is 274 g/mol. The quantitative estimate of drug-likeness (QED) is 0.711. The summed E-state index contributed by atoms with van der Waals surface area (Å²) >= 11 is 0. The Kier molecular flexibility index (Phi) is 6.87. The molecule has 0 aliphatic heterocycles. The smallest absolute Gasteiger partial charge is 0.249 e. The zero-order chi connectivity index (χ0) is 14.8. The van der Waals surface area contributed by atoms with E-state index in [-0.39, 0.29) is 12.5 Å². The van der Waals surface area contributed by atoms with Gasteiger partial charge in [0.1, 0.15) is 12.4 Å². The Morgan fingerprint density at radius 2 is 2.25 bits per heavy atom. The van der Waals surface area contributed by atoms with E-state index in [0.717, 1.165) is 11.3 Å². The topological polar surface area (TPSA) is 62.6 Å². The van der Waals surface area contributed by atoms with Gasteiger partial charge in [-0.05, 0) is 17.7 Å². The molecule has 106 valence electrons. The van der Waals surface area contributed by atoms with Gasteiger partial charge >= 0.3 is 0 Å². The SMILES string of the molecule is COCC(=O)N(C/C=C/C#N)Cc1cccc(OC)c1. The Hall–Kier alpha value is -2.32. The number of nitrogens with zero attached hydrogens (tertiary/aromatic N) is 2. The van der Waals surface area contributed by atoms with E-state index in [1.165, 1.54) is 13.2 Å². The molecule has 0 fully saturated rings. The first-order valence-electron chi connectivity index (χ1n) is 6.15. The standard InChI is InChI=1S/C15H18N2O3/c1-19-12-15(18)17(9-4-3-8-16)11-13-6-5-7-14(10-13)20-2/h3-7,10H,9,11-12H2,1-2H3/b4-3+. The number of carbonyl (C=O) groups is 1. The zero-order valence-electron chi connectivity index (χ0n) is 11.7. The van der Waals surface area contributed by atoms with Gasteiger partial charge in [-0.2, -0.15) is 5.26 Å². The van der Waals surface area contributed by atoms with E-state index >= 15 is 0 Å². The Morgan fingerprint density at radius 1 is 1.45 bits per heavy atom. The van der Waals surface area contributed by atoms with Crippen molar-refractivity contribution in [2.75, 3.05) is 27.4 Å². The second-order valence-electron chi connectivity index (χ2n) is 4.09. The summed E-state index contributed by atoms with van der Waals surface area (Å²) in [6, 6.07) is 9.42. The van der Waals surface area contributed by atoms with Crippen LogP contribution in [0.25, 0.3) is 0 Å². The third kappa shape index (κ3) is 5.12. The highest BCUT2D eigenvalue weighted by Crippen LogP contribution is 2.14. The summed E-state index contributed by atoms with van der Waals surface area (Å²) in [5.74, 6) is 0.618. The van der Waals surface area contributed by atoms with Gasteiger partial charge in [0.05, 0.1) is 13.2 Å². The van der Waals surface area contributed by atoms with E-state index in [1.807, 2.05) is 30.3 Å². The Morgan fingerprint density at radius 3 is 2.90 bits per heavy atom. The molecule has 0 spiro atoms. The van der Waals surface area contributed by atoms with Crippen molar-refractivity contribution in [2.24, 2.45) is 0 Å². The monoisotopic (exact) mass is 274 g/mol. The number of benzene rings is 1. The lowest BCUT2D eigenvalue weighted by Crippen LogP contribution is -2.33. The number of rotatable bonds is 7. The van der Waals surface area contributed by atoms with Crippen LogP contribution in [-0.2, 0) is 16.1 Å². The van der Waals surface area contributed by atoms with Crippen molar-refractivity contribution >= 4 is 5.91 Å².